The van der Waals surface area contributed by atoms with Gasteiger partial charge in [-0.05, 0) is 37.1 Å². The molecule has 4 N–H and O–H groups in total. The second kappa shape index (κ2) is 8.08. The summed E-state index contributed by atoms with van der Waals surface area (Å²) in [5.41, 5.74) is 9.07. The van der Waals surface area contributed by atoms with Crippen LogP contribution in [0.3, 0.4) is 0 Å². The summed E-state index contributed by atoms with van der Waals surface area (Å²) in [7, 11) is -3.80. The van der Waals surface area contributed by atoms with Crippen LogP contribution in [0.15, 0.2) is 48.5 Å². The first-order valence-corrected chi connectivity index (χ1v) is 10.3. The average Bonchev–Trinajstić information content (AvgIpc) is 3.13. The number of rotatable bonds is 6. The Balaban J connectivity index is 1.67. The highest BCUT2D eigenvalue weighted by Gasteiger charge is 2.41. The number of sulfonamides is 1. The topological polar surface area (TPSA) is 99.3 Å². The molecule has 7 nitrogen and oxygen atoms in total. The molecule has 2 unspecified atom stereocenters. The molecule has 1 fully saturated rings. The van der Waals surface area contributed by atoms with Crippen molar-refractivity contribution in [1.82, 2.24) is 16.2 Å². The number of amides is 1. The van der Waals surface area contributed by atoms with Crippen LogP contribution in [0.1, 0.15) is 16.7 Å². The molecule has 1 heterocycles. The second-order valence-corrected chi connectivity index (χ2v) is 8.51. The summed E-state index contributed by atoms with van der Waals surface area (Å²) < 4.78 is 28.0. The van der Waals surface area contributed by atoms with E-state index >= 15 is 0 Å². The number of aryl methyl sites for hydroxylation is 2. The third-order valence-electron chi connectivity index (χ3n) is 4.63. The van der Waals surface area contributed by atoms with Gasteiger partial charge in [-0.3, -0.25) is 14.9 Å². The normalized spacial score (nSPS) is 19.6. The third-order valence-corrected chi connectivity index (χ3v) is 6.26. The van der Waals surface area contributed by atoms with E-state index in [9.17, 15) is 13.2 Å². The summed E-state index contributed by atoms with van der Waals surface area (Å²) >= 11 is 0. The molecule has 8 heteroatoms. The predicted molar refractivity (Wildman–Crippen MR) is 105 cm³/mol. The lowest BCUT2D eigenvalue weighted by molar-refractivity contribution is -0.124. The molecule has 1 saturated heterocycles. The SMILES string of the molecule is Cc1ccc(NS(=O)(=O)C2NNCC2C(=O)NCc2ccccc2C)cc1. The lowest BCUT2D eigenvalue weighted by Crippen LogP contribution is -2.46. The van der Waals surface area contributed by atoms with Crippen molar-refractivity contribution in [3.8, 4) is 0 Å². The Morgan fingerprint density at radius 1 is 1.11 bits per heavy atom. The minimum atomic E-state index is -3.80. The van der Waals surface area contributed by atoms with Crippen LogP contribution in [0.25, 0.3) is 0 Å². The summed E-state index contributed by atoms with van der Waals surface area (Å²) in [6.45, 7) is 4.49. The molecule has 0 aromatic heterocycles. The van der Waals surface area contributed by atoms with Crippen LogP contribution in [0.2, 0.25) is 0 Å². The van der Waals surface area contributed by atoms with Crippen molar-refractivity contribution in [2.75, 3.05) is 11.3 Å². The number of nitrogens with one attached hydrogen (secondary N) is 4. The molecule has 144 valence electrons. The first-order chi connectivity index (χ1) is 12.9. The van der Waals surface area contributed by atoms with E-state index in [1.54, 1.807) is 12.1 Å². The number of carbonyl (C=O) groups excluding carboxylic acids is 1. The Kier molecular flexibility index (Phi) is 5.79. The van der Waals surface area contributed by atoms with Gasteiger partial charge in [-0.25, -0.2) is 13.8 Å². The maximum atomic E-state index is 12.7. The molecule has 0 saturated carbocycles. The van der Waals surface area contributed by atoms with Crippen molar-refractivity contribution in [3.63, 3.8) is 0 Å². The third kappa shape index (κ3) is 4.65. The first-order valence-electron chi connectivity index (χ1n) is 8.76. The van der Waals surface area contributed by atoms with E-state index in [0.717, 1.165) is 16.7 Å². The van der Waals surface area contributed by atoms with Crippen LogP contribution in [0, 0.1) is 19.8 Å². The van der Waals surface area contributed by atoms with Gasteiger partial charge in [0.15, 0.2) is 5.37 Å². The lowest BCUT2D eigenvalue weighted by atomic mass is 10.1. The molecule has 3 rings (SSSR count). The Morgan fingerprint density at radius 3 is 2.52 bits per heavy atom. The Bertz CT molecular complexity index is 913. The highest BCUT2D eigenvalue weighted by molar-refractivity contribution is 7.93. The molecule has 1 aliphatic heterocycles. The molecule has 0 bridgehead atoms. The van der Waals surface area contributed by atoms with Gasteiger partial charge >= 0.3 is 0 Å². The first kappa shape index (κ1) is 19.3. The number of benzene rings is 2. The molecule has 2 aromatic carbocycles. The van der Waals surface area contributed by atoms with Gasteiger partial charge in [0.05, 0.1) is 5.92 Å². The fraction of sp³-hybridized carbons (Fsp3) is 0.316. The Hall–Kier alpha value is -2.42. The summed E-state index contributed by atoms with van der Waals surface area (Å²) in [6.07, 6.45) is 0. The monoisotopic (exact) mass is 388 g/mol. The van der Waals surface area contributed by atoms with Gasteiger partial charge in [0.1, 0.15) is 0 Å². The van der Waals surface area contributed by atoms with E-state index in [1.165, 1.54) is 0 Å². The fourth-order valence-electron chi connectivity index (χ4n) is 2.97. The lowest BCUT2D eigenvalue weighted by Gasteiger charge is -2.20. The number of hydrogen-bond acceptors (Lipinski definition) is 5. The van der Waals surface area contributed by atoms with Crippen molar-refractivity contribution < 1.29 is 13.2 Å². The molecular formula is C19H24N4O3S. The molecule has 2 atom stereocenters. The average molecular weight is 388 g/mol. The highest BCUT2D eigenvalue weighted by atomic mass is 32.2. The predicted octanol–water partition coefficient (Wildman–Crippen LogP) is 1.41. The number of anilines is 1. The summed E-state index contributed by atoms with van der Waals surface area (Å²) in [4.78, 5) is 12.6. The van der Waals surface area contributed by atoms with Crippen LogP contribution < -0.4 is 20.9 Å². The highest BCUT2D eigenvalue weighted by Crippen LogP contribution is 2.19. The van der Waals surface area contributed by atoms with Crippen molar-refractivity contribution in [3.05, 3.63) is 65.2 Å². The molecule has 1 aliphatic rings. The van der Waals surface area contributed by atoms with Crippen molar-refractivity contribution in [1.29, 1.82) is 0 Å². The molecule has 1 amide bonds. The van der Waals surface area contributed by atoms with E-state index in [2.05, 4.69) is 20.9 Å². The number of carbonyl (C=O) groups is 1. The van der Waals surface area contributed by atoms with Crippen molar-refractivity contribution in [2.45, 2.75) is 25.8 Å². The van der Waals surface area contributed by atoms with Crippen molar-refractivity contribution in [2.24, 2.45) is 5.92 Å². The summed E-state index contributed by atoms with van der Waals surface area (Å²) in [5, 5.41) is 1.78. The van der Waals surface area contributed by atoms with Crippen LogP contribution in [0.4, 0.5) is 5.69 Å². The zero-order valence-electron chi connectivity index (χ0n) is 15.3. The number of hydrazine groups is 1. The largest absolute Gasteiger partial charge is 0.352 e. The van der Waals surface area contributed by atoms with E-state index < -0.39 is 21.3 Å². The molecule has 27 heavy (non-hydrogen) atoms. The van der Waals surface area contributed by atoms with Gasteiger partial charge in [0, 0.05) is 18.8 Å². The summed E-state index contributed by atoms with van der Waals surface area (Å²) in [5.74, 6) is -1.05. The quantitative estimate of drug-likeness (QED) is 0.600. The van der Waals surface area contributed by atoms with E-state index in [1.807, 2.05) is 50.2 Å². The molecule has 0 radical (unpaired) electrons. The Morgan fingerprint density at radius 2 is 1.81 bits per heavy atom. The van der Waals surface area contributed by atoms with E-state index in [0.29, 0.717) is 12.2 Å². The van der Waals surface area contributed by atoms with Gasteiger partial charge in [0.2, 0.25) is 5.91 Å². The van der Waals surface area contributed by atoms with Gasteiger partial charge in [-0.2, -0.15) is 0 Å². The zero-order valence-corrected chi connectivity index (χ0v) is 16.1. The van der Waals surface area contributed by atoms with Gasteiger partial charge in [-0.15, -0.1) is 0 Å². The number of hydrogen-bond donors (Lipinski definition) is 4. The minimum absolute atomic E-state index is 0.235. The molecule has 0 aliphatic carbocycles. The van der Waals surface area contributed by atoms with E-state index in [4.69, 9.17) is 0 Å². The smallest absolute Gasteiger partial charge is 0.250 e. The van der Waals surface area contributed by atoms with E-state index in [-0.39, 0.29) is 12.5 Å². The van der Waals surface area contributed by atoms with Crippen LogP contribution in [-0.4, -0.2) is 26.2 Å². The van der Waals surface area contributed by atoms with Crippen LogP contribution in [0.5, 0.6) is 0 Å². The maximum absolute atomic E-state index is 12.7. The van der Waals surface area contributed by atoms with Crippen LogP contribution in [-0.2, 0) is 21.4 Å². The fourth-order valence-corrected chi connectivity index (χ4v) is 4.45. The standard InChI is InChI=1S/C19H24N4O3S/c1-13-7-9-16(10-8-13)23-27(25,26)19-17(12-21-22-19)18(24)20-11-15-6-4-3-5-14(15)2/h3-10,17,19,21-23H,11-12H2,1-2H3,(H,20,24). The Labute approximate surface area is 159 Å². The molecule has 0 spiro atoms. The van der Waals surface area contributed by atoms with Gasteiger partial charge < -0.3 is 5.32 Å². The van der Waals surface area contributed by atoms with Crippen molar-refractivity contribution >= 4 is 21.6 Å². The minimum Gasteiger partial charge on any atom is -0.352 e. The molecular weight excluding hydrogens is 364 g/mol. The molecule has 2 aromatic rings. The maximum Gasteiger partial charge on any atom is 0.250 e. The summed E-state index contributed by atoms with van der Waals surface area (Å²) in [6, 6.07) is 14.8. The van der Waals surface area contributed by atoms with Crippen LogP contribution >= 0.6 is 0 Å². The zero-order chi connectivity index (χ0) is 19.4. The van der Waals surface area contributed by atoms with Gasteiger partial charge in [0.25, 0.3) is 10.0 Å². The second-order valence-electron chi connectivity index (χ2n) is 6.71. The van der Waals surface area contributed by atoms with Gasteiger partial charge in [-0.1, -0.05) is 42.0 Å².